The fraction of sp³-hybridized carbons (Fsp3) is 0.438. The Labute approximate surface area is 129 Å². The van der Waals surface area contributed by atoms with Gasteiger partial charge in [0.25, 0.3) is 0 Å². The highest BCUT2D eigenvalue weighted by Crippen LogP contribution is 2.31. The Bertz CT molecular complexity index is 583. The van der Waals surface area contributed by atoms with Gasteiger partial charge in [0, 0.05) is 23.7 Å². The number of hydrogen-bond acceptors (Lipinski definition) is 4. The maximum atomic E-state index is 13.4. The van der Waals surface area contributed by atoms with Gasteiger partial charge in [0.05, 0.1) is 5.69 Å². The second-order valence-electron chi connectivity index (χ2n) is 4.91. The second-order valence-corrected chi connectivity index (χ2v) is 5.97. The minimum Gasteiger partial charge on any atom is -0.318 e. The van der Waals surface area contributed by atoms with Crippen molar-refractivity contribution in [1.82, 2.24) is 10.3 Å². The molecule has 0 unspecified atom stereocenters. The molecule has 0 radical (unpaired) electrons. The van der Waals surface area contributed by atoms with Crippen molar-refractivity contribution in [3.05, 3.63) is 40.7 Å². The lowest BCUT2D eigenvalue weighted by Gasteiger charge is -2.19. The predicted octanol–water partition coefficient (Wildman–Crippen LogP) is 4.25. The summed E-state index contributed by atoms with van der Waals surface area (Å²) in [5, 5.41) is 4.33. The van der Waals surface area contributed by atoms with Gasteiger partial charge in [0.2, 0.25) is 0 Å². The van der Waals surface area contributed by atoms with E-state index in [2.05, 4.69) is 24.1 Å². The fourth-order valence-corrected chi connectivity index (χ4v) is 3.26. The number of nitrogens with zero attached hydrogens (tertiary/aromatic N) is 2. The first-order valence-corrected chi connectivity index (χ1v) is 8.17. The van der Waals surface area contributed by atoms with Gasteiger partial charge in [0.1, 0.15) is 5.82 Å². The maximum absolute atomic E-state index is 13.4. The SMILES string of the molecule is CCCNCc1sc(N(CC)c2cccc(F)c2)nc1C. The van der Waals surface area contributed by atoms with Crippen molar-refractivity contribution in [2.45, 2.75) is 33.7 Å². The van der Waals surface area contributed by atoms with Gasteiger partial charge in [-0.2, -0.15) is 0 Å². The lowest BCUT2D eigenvalue weighted by molar-refractivity contribution is 0.627. The number of thiazole rings is 1. The lowest BCUT2D eigenvalue weighted by Crippen LogP contribution is -2.15. The summed E-state index contributed by atoms with van der Waals surface area (Å²) in [7, 11) is 0. The first kappa shape index (κ1) is 15.9. The van der Waals surface area contributed by atoms with Crippen LogP contribution in [0.1, 0.15) is 30.8 Å². The molecule has 0 aliphatic carbocycles. The van der Waals surface area contributed by atoms with Crippen LogP contribution in [0.5, 0.6) is 0 Å². The molecule has 1 N–H and O–H groups in total. The Kier molecular flexibility index (Phi) is 5.70. The minimum atomic E-state index is -0.218. The van der Waals surface area contributed by atoms with E-state index in [4.69, 9.17) is 0 Å². The normalized spacial score (nSPS) is 10.9. The third-order valence-electron chi connectivity index (χ3n) is 3.26. The van der Waals surface area contributed by atoms with Crippen molar-refractivity contribution in [3.8, 4) is 0 Å². The molecule has 1 heterocycles. The molecule has 114 valence electrons. The zero-order valence-electron chi connectivity index (χ0n) is 12.8. The second kappa shape index (κ2) is 7.52. The number of benzene rings is 1. The zero-order valence-corrected chi connectivity index (χ0v) is 13.6. The number of aryl methyl sites for hydroxylation is 1. The van der Waals surface area contributed by atoms with Crippen molar-refractivity contribution in [3.63, 3.8) is 0 Å². The van der Waals surface area contributed by atoms with E-state index in [1.165, 1.54) is 10.9 Å². The van der Waals surface area contributed by atoms with Crippen LogP contribution in [0.2, 0.25) is 0 Å². The van der Waals surface area contributed by atoms with Gasteiger partial charge in [0.15, 0.2) is 5.13 Å². The highest BCUT2D eigenvalue weighted by atomic mass is 32.1. The molecule has 21 heavy (non-hydrogen) atoms. The van der Waals surface area contributed by atoms with E-state index in [0.717, 1.165) is 42.6 Å². The van der Waals surface area contributed by atoms with E-state index in [0.29, 0.717) is 0 Å². The van der Waals surface area contributed by atoms with Crippen LogP contribution in [0, 0.1) is 12.7 Å². The molecule has 0 aliphatic rings. The molecule has 0 spiro atoms. The molecule has 0 saturated carbocycles. The van der Waals surface area contributed by atoms with E-state index in [1.807, 2.05) is 17.9 Å². The summed E-state index contributed by atoms with van der Waals surface area (Å²) < 4.78 is 13.4. The highest BCUT2D eigenvalue weighted by molar-refractivity contribution is 7.15. The average molecular weight is 307 g/mol. The summed E-state index contributed by atoms with van der Waals surface area (Å²) in [6, 6.07) is 6.66. The molecule has 2 aromatic rings. The molecule has 0 saturated heterocycles. The Morgan fingerprint density at radius 1 is 1.33 bits per heavy atom. The van der Waals surface area contributed by atoms with Crippen molar-refractivity contribution in [2.75, 3.05) is 18.0 Å². The Morgan fingerprint density at radius 2 is 2.14 bits per heavy atom. The number of hydrogen-bond donors (Lipinski definition) is 1. The van der Waals surface area contributed by atoms with Crippen LogP contribution in [-0.4, -0.2) is 18.1 Å². The summed E-state index contributed by atoms with van der Waals surface area (Å²) in [5.74, 6) is -0.218. The van der Waals surface area contributed by atoms with Gasteiger partial charge in [-0.15, -0.1) is 0 Å². The van der Waals surface area contributed by atoms with Crippen LogP contribution >= 0.6 is 11.3 Å². The first-order chi connectivity index (χ1) is 10.2. The quantitative estimate of drug-likeness (QED) is 0.775. The van der Waals surface area contributed by atoms with E-state index < -0.39 is 0 Å². The van der Waals surface area contributed by atoms with Crippen molar-refractivity contribution >= 4 is 22.2 Å². The third kappa shape index (κ3) is 4.02. The molecule has 0 aliphatic heterocycles. The predicted molar refractivity (Wildman–Crippen MR) is 87.9 cm³/mol. The molecule has 3 nitrogen and oxygen atoms in total. The van der Waals surface area contributed by atoms with E-state index >= 15 is 0 Å². The van der Waals surface area contributed by atoms with Crippen molar-refractivity contribution < 1.29 is 4.39 Å². The van der Waals surface area contributed by atoms with E-state index in [9.17, 15) is 4.39 Å². The summed E-state index contributed by atoms with van der Waals surface area (Å²) in [6.45, 7) is 8.85. The monoisotopic (exact) mass is 307 g/mol. The summed E-state index contributed by atoms with van der Waals surface area (Å²) in [4.78, 5) is 7.94. The molecular weight excluding hydrogens is 285 g/mol. The van der Waals surface area contributed by atoms with Gasteiger partial charge in [-0.25, -0.2) is 9.37 Å². The average Bonchev–Trinajstić information content (AvgIpc) is 2.81. The van der Waals surface area contributed by atoms with Gasteiger partial charge >= 0.3 is 0 Å². The van der Waals surface area contributed by atoms with Gasteiger partial charge < -0.3 is 10.2 Å². The van der Waals surface area contributed by atoms with Crippen LogP contribution in [0.15, 0.2) is 24.3 Å². The van der Waals surface area contributed by atoms with Gasteiger partial charge in [-0.1, -0.05) is 24.3 Å². The number of halogens is 1. The first-order valence-electron chi connectivity index (χ1n) is 7.35. The smallest absolute Gasteiger partial charge is 0.190 e. The highest BCUT2D eigenvalue weighted by Gasteiger charge is 2.14. The number of aromatic nitrogens is 1. The maximum Gasteiger partial charge on any atom is 0.190 e. The van der Waals surface area contributed by atoms with Crippen LogP contribution in [0.3, 0.4) is 0 Å². The molecule has 0 amide bonds. The molecule has 0 atom stereocenters. The van der Waals surface area contributed by atoms with Crippen LogP contribution < -0.4 is 10.2 Å². The largest absolute Gasteiger partial charge is 0.318 e. The summed E-state index contributed by atoms with van der Waals surface area (Å²) >= 11 is 1.67. The number of rotatable bonds is 7. The zero-order chi connectivity index (χ0) is 15.2. The van der Waals surface area contributed by atoms with E-state index in [-0.39, 0.29) is 5.82 Å². The van der Waals surface area contributed by atoms with Gasteiger partial charge in [-0.05, 0) is 45.0 Å². The van der Waals surface area contributed by atoms with Crippen LogP contribution in [0.25, 0.3) is 0 Å². The molecule has 1 aromatic carbocycles. The lowest BCUT2D eigenvalue weighted by atomic mass is 10.3. The Balaban J connectivity index is 2.20. The number of nitrogens with one attached hydrogen (secondary N) is 1. The molecule has 0 bridgehead atoms. The van der Waals surface area contributed by atoms with E-state index in [1.54, 1.807) is 23.5 Å². The molecule has 0 fully saturated rings. The van der Waals surface area contributed by atoms with Crippen molar-refractivity contribution in [1.29, 1.82) is 0 Å². The summed E-state index contributed by atoms with van der Waals surface area (Å²) in [5.41, 5.74) is 1.90. The Hall–Kier alpha value is -1.46. The third-order valence-corrected chi connectivity index (χ3v) is 4.44. The van der Waals surface area contributed by atoms with Gasteiger partial charge in [-0.3, -0.25) is 0 Å². The molecular formula is C16H22FN3S. The molecule has 1 aromatic heterocycles. The minimum absolute atomic E-state index is 0.218. The van der Waals surface area contributed by atoms with Crippen LogP contribution in [-0.2, 0) is 6.54 Å². The summed E-state index contributed by atoms with van der Waals surface area (Å²) in [6.07, 6.45) is 1.12. The molecule has 5 heteroatoms. The van der Waals surface area contributed by atoms with Crippen molar-refractivity contribution in [2.24, 2.45) is 0 Å². The standard InChI is InChI=1S/C16H22FN3S/c1-4-9-18-11-15-12(3)19-16(21-15)20(5-2)14-8-6-7-13(17)10-14/h6-8,10,18H,4-5,9,11H2,1-3H3. The topological polar surface area (TPSA) is 28.2 Å². The molecule has 2 rings (SSSR count). The Morgan fingerprint density at radius 3 is 2.81 bits per heavy atom. The fourth-order valence-electron chi connectivity index (χ4n) is 2.14. The van der Waals surface area contributed by atoms with Crippen LogP contribution in [0.4, 0.5) is 15.2 Å². The number of anilines is 2.